The van der Waals surface area contributed by atoms with Crippen LogP contribution < -0.4 is 0 Å². The van der Waals surface area contributed by atoms with Crippen molar-refractivity contribution in [1.82, 2.24) is 0 Å². The van der Waals surface area contributed by atoms with Gasteiger partial charge in [0.05, 0.1) is 9.65 Å². The lowest BCUT2D eigenvalue weighted by Gasteiger charge is -2.16. The lowest BCUT2D eigenvalue weighted by atomic mass is 10.0. The topological polar surface area (TPSA) is 17.1 Å². The highest BCUT2D eigenvalue weighted by atomic mass is 79.9. The van der Waals surface area contributed by atoms with E-state index in [2.05, 4.69) is 31.9 Å². The van der Waals surface area contributed by atoms with Gasteiger partial charge in [-0.15, -0.1) is 0 Å². The van der Waals surface area contributed by atoms with E-state index in [9.17, 15) is 9.18 Å². The van der Waals surface area contributed by atoms with Gasteiger partial charge in [0.2, 0.25) is 0 Å². The molecule has 0 spiro atoms. The molecule has 2 aromatic carbocycles. The number of hydrogen-bond acceptors (Lipinski definition) is 1. The Morgan fingerprint density at radius 2 is 1.53 bits per heavy atom. The lowest BCUT2D eigenvalue weighted by molar-refractivity contribution is 0.0991. The van der Waals surface area contributed by atoms with Gasteiger partial charge < -0.3 is 0 Å². The van der Waals surface area contributed by atoms with Crippen molar-refractivity contribution in [2.45, 2.75) is 9.65 Å². The molecule has 0 fully saturated rings. The Kier molecular flexibility index (Phi) is 4.88. The van der Waals surface area contributed by atoms with E-state index in [0.29, 0.717) is 5.56 Å². The number of benzene rings is 2. The van der Waals surface area contributed by atoms with Crippen LogP contribution in [0.2, 0.25) is 0 Å². The molecule has 0 amide bonds. The molecule has 0 radical (unpaired) electrons. The van der Waals surface area contributed by atoms with Crippen molar-refractivity contribution in [2.75, 3.05) is 0 Å². The first-order chi connectivity index (χ1) is 9.09. The van der Waals surface area contributed by atoms with Crippen LogP contribution in [0, 0.1) is 5.82 Å². The van der Waals surface area contributed by atoms with Gasteiger partial charge in [0, 0.05) is 5.56 Å². The average Bonchev–Trinajstić information content (AvgIpc) is 2.46. The zero-order chi connectivity index (χ0) is 13.8. The highest BCUT2D eigenvalue weighted by molar-refractivity contribution is 9.12. The number of halogens is 3. The average molecular weight is 386 g/mol. The summed E-state index contributed by atoms with van der Waals surface area (Å²) < 4.78 is 12.8. The Morgan fingerprint density at radius 3 is 2.11 bits per heavy atom. The minimum absolute atomic E-state index is 0.0780. The van der Waals surface area contributed by atoms with Crippen LogP contribution in [-0.4, -0.2) is 10.6 Å². The second-order valence-electron chi connectivity index (χ2n) is 4.09. The number of ketones is 1. The predicted octanol–water partition coefficient (Wildman–Crippen LogP) is 4.91. The van der Waals surface area contributed by atoms with Crippen LogP contribution in [0.1, 0.15) is 20.7 Å². The van der Waals surface area contributed by atoms with Gasteiger partial charge in [-0.25, -0.2) is 4.39 Å². The summed E-state index contributed by atoms with van der Waals surface area (Å²) >= 11 is 6.93. The molecule has 2 rings (SSSR count). The first-order valence-corrected chi connectivity index (χ1v) is 7.55. The maximum absolute atomic E-state index is 12.8. The maximum Gasteiger partial charge on any atom is 0.177 e. The summed E-state index contributed by atoms with van der Waals surface area (Å²) in [4.78, 5) is 11.7. The van der Waals surface area contributed by atoms with Crippen LogP contribution in [-0.2, 0) is 0 Å². The SMILES string of the molecule is O=C(c1ccc(F)cc1)C(Br)C(Br)c1ccccc1. The smallest absolute Gasteiger partial charge is 0.177 e. The number of alkyl halides is 2. The normalized spacial score (nSPS) is 13.8. The fourth-order valence-corrected chi connectivity index (χ4v) is 2.83. The van der Waals surface area contributed by atoms with Crippen molar-refractivity contribution < 1.29 is 9.18 Å². The van der Waals surface area contributed by atoms with Gasteiger partial charge in [-0.1, -0.05) is 62.2 Å². The zero-order valence-corrected chi connectivity index (χ0v) is 13.1. The summed E-state index contributed by atoms with van der Waals surface area (Å²) in [5.74, 6) is -0.424. The van der Waals surface area contributed by atoms with Crippen LogP contribution in [0.25, 0.3) is 0 Å². The van der Waals surface area contributed by atoms with Crippen LogP contribution >= 0.6 is 31.9 Å². The molecule has 1 nitrogen and oxygen atoms in total. The minimum atomic E-state index is -0.402. The molecular weight excluding hydrogens is 375 g/mol. The number of Topliss-reactive ketones (excluding diaryl/α,β-unsaturated/α-hetero) is 1. The Labute approximate surface area is 128 Å². The third-order valence-corrected chi connectivity index (χ3v) is 5.47. The van der Waals surface area contributed by atoms with Gasteiger partial charge in [0.25, 0.3) is 0 Å². The van der Waals surface area contributed by atoms with Gasteiger partial charge in [0.15, 0.2) is 5.78 Å². The Bertz CT molecular complexity index is 554. The third-order valence-electron chi connectivity index (χ3n) is 2.75. The van der Waals surface area contributed by atoms with E-state index in [4.69, 9.17) is 0 Å². The molecule has 2 aromatic rings. The molecule has 4 heteroatoms. The van der Waals surface area contributed by atoms with Crippen LogP contribution in [0.15, 0.2) is 54.6 Å². The van der Waals surface area contributed by atoms with Crippen molar-refractivity contribution in [3.05, 3.63) is 71.5 Å². The zero-order valence-electron chi connectivity index (χ0n) is 9.89. The molecule has 0 saturated carbocycles. The van der Waals surface area contributed by atoms with Gasteiger partial charge in [0.1, 0.15) is 5.82 Å². The van der Waals surface area contributed by atoms with Gasteiger partial charge in [-0.2, -0.15) is 0 Å². The van der Waals surface area contributed by atoms with Crippen LogP contribution in [0.5, 0.6) is 0 Å². The molecule has 2 unspecified atom stereocenters. The number of rotatable bonds is 4. The molecule has 0 aliphatic carbocycles. The molecule has 2 atom stereocenters. The summed E-state index contributed by atoms with van der Waals surface area (Å²) in [6, 6.07) is 15.2. The first kappa shape index (κ1) is 14.4. The maximum atomic E-state index is 12.8. The van der Waals surface area contributed by atoms with E-state index < -0.39 is 4.83 Å². The number of carbonyl (C=O) groups is 1. The quantitative estimate of drug-likeness (QED) is 0.539. The molecule has 0 aromatic heterocycles. The van der Waals surface area contributed by atoms with Crippen molar-refractivity contribution in [1.29, 1.82) is 0 Å². The number of carbonyl (C=O) groups excluding carboxylic acids is 1. The van der Waals surface area contributed by atoms with Crippen molar-refractivity contribution >= 4 is 37.6 Å². The monoisotopic (exact) mass is 384 g/mol. The van der Waals surface area contributed by atoms with Crippen molar-refractivity contribution in [3.63, 3.8) is 0 Å². The Morgan fingerprint density at radius 1 is 0.947 bits per heavy atom. The summed E-state index contributed by atoms with van der Waals surface area (Å²) in [5, 5.41) is 0. The number of hydrogen-bond donors (Lipinski definition) is 0. The fraction of sp³-hybridized carbons (Fsp3) is 0.133. The van der Waals surface area contributed by atoms with Gasteiger partial charge in [-0.3, -0.25) is 4.79 Å². The largest absolute Gasteiger partial charge is 0.293 e. The second-order valence-corrected chi connectivity index (χ2v) is 6.06. The van der Waals surface area contributed by atoms with E-state index in [-0.39, 0.29) is 16.4 Å². The summed E-state index contributed by atoms with van der Waals surface area (Å²) in [7, 11) is 0. The van der Waals surface area contributed by atoms with Crippen molar-refractivity contribution in [3.8, 4) is 0 Å². The molecular formula is C15H11Br2FO. The molecule has 98 valence electrons. The van der Waals surface area contributed by atoms with Crippen molar-refractivity contribution in [2.24, 2.45) is 0 Å². The van der Waals surface area contributed by atoms with E-state index >= 15 is 0 Å². The fourth-order valence-electron chi connectivity index (χ4n) is 1.71. The summed E-state index contributed by atoms with van der Waals surface area (Å²) in [6.07, 6.45) is 0. The highest BCUT2D eigenvalue weighted by Crippen LogP contribution is 2.33. The molecule has 0 N–H and O–H groups in total. The molecule has 0 saturated heterocycles. The molecule has 0 heterocycles. The third kappa shape index (κ3) is 3.51. The Balaban J connectivity index is 2.17. The van der Waals surface area contributed by atoms with E-state index in [0.717, 1.165) is 5.56 Å². The summed E-state index contributed by atoms with van der Waals surface area (Å²) in [6.45, 7) is 0. The van der Waals surface area contributed by atoms with E-state index in [1.165, 1.54) is 24.3 Å². The Hall–Kier alpha value is -1.00. The highest BCUT2D eigenvalue weighted by Gasteiger charge is 2.25. The predicted molar refractivity (Wildman–Crippen MR) is 81.6 cm³/mol. The standard InChI is InChI=1S/C15H11Br2FO/c16-13(10-4-2-1-3-5-10)14(17)15(19)11-6-8-12(18)9-7-11/h1-9,13-14H. The molecule has 0 bridgehead atoms. The summed E-state index contributed by atoms with van der Waals surface area (Å²) in [5.41, 5.74) is 1.50. The van der Waals surface area contributed by atoms with Crippen LogP contribution in [0.4, 0.5) is 4.39 Å². The van der Waals surface area contributed by atoms with E-state index in [1.807, 2.05) is 30.3 Å². The van der Waals surface area contributed by atoms with Crippen LogP contribution in [0.3, 0.4) is 0 Å². The molecule has 0 aliphatic heterocycles. The lowest BCUT2D eigenvalue weighted by Crippen LogP contribution is -2.19. The van der Waals surface area contributed by atoms with Gasteiger partial charge >= 0.3 is 0 Å². The van der Waals surface area contributed by atoms with Gasteiger partial charge in [-0.05, 0) is 29.8 Å². The minimum Gasteiger partial charge on any atom is -0.293 e. The molecule has 19 heavy (non-hydrogen) atoms. The second kappa shape index (κ2) is 6.44. The van der Waals surface area contributed by atoms with E-state index in [1.54, 1.807) is 0 Å². The first-order valence-electron chi connectivity index (χ1n) is 5.72. The molecule has 0 aliphatic rings.